The van der Waals surface area contributed by atoms with Crippen LogP contribution in [0.4, 0.5) is 0 Å². The summed E-state index contributed by atoms with van der Waals surface area (Å²) in [6.07, 6.45) is 3.62. The van der Waals surface area contributed by atoms with Crippen LogP contribution in [0.1, 0.15) is 56.6 Å². The second kappa shape index (κ2) is 6.44. The standard InChI is InChI=1S/C20H20N2O4/c1-13-4-2-8-21(11-13)18(23)14-6-7-16-17(10-14)20(25)22(19(16)24)12-15-5-3-9-26-15/h3,5-7,9-10,13H,2,4,8,11-12H2,1H3. The quantitative estimate of drug-likeness (QED) is 0.796. The molecule has 0 spiro atoms. The zero-order valence-corrected chi connectivity index (χ0v) is 14.6. The minimum absolute atomic E-state index is 0.0796. The Hall–Kier alpha value is -2.89. The summed E-state index contributed by atoms with van der Waals surface area (Å²) < 4.78 is 5.24. The Balaban J connectivity index is 1.58. The molecule has 1 fully saturated rings. The van der Waals surface area contributed by atoms with E-state index in [1.165, 1.54) is 6.26 Å². The zero-order valence-electron chi connectivity index (χ0n) is 14.6. The molecule has 0 bridgehead atoms. The lowest BCUT2D eigenvalue weighted by Crippen LogP contribution is -2.39. The highest BCUT2D eigenvalue weighted by Gasteiger charge is 2.37. The number of nitrogens with zero attached hydrogens (tertiary/aromatic N) is 2. The number of amides is 3. The molecule has 0 aliphatic carbocycles. The van der Waals surface area contributed by atoms with Crippen molar-refractivity contribution in [2.45, 2.75) is 26.3 Å². The number of fused-ring (bicyclic) bond motifs is 1. The summed E-state index contributed by atoms with van der Waals surface area (Å²) >= 11 is 0. The second-order valence-electron chi connectivity index (χ2n) is 7.03. The van der Waals surface area contributed by atoms with Crippen molar-refractivity contribution in [3.8, 4) is 0 Å². The molecule has 2 aromatic rings. The lowest BCUT2D eigenvalue weighted by Gasteiger charge is -2.31. The van der Waals surface area contributed by atoms with E-state index in [0.29, 0.717) is 22.8 Å². The molecular weight excluding hydrogens is 332 g/mol. The lowest BCUT2D eigenvalue weighted by atomic mass is 9.98. The molecule has 4 rings (SSSR count). The van der Waals surface area contributed by atoms with E-state index >= 15 is 0 Å². The van der Waals surface area contributed by atoms with Gasteiger partial charge >= 0.3 is 0 Å². The van der Waals surface area contributed by atoms with Gasteiger partial charge in [0.1, 0.15) is 5.76 Å². The normalized spacial score (nSPS) is 19.8. The molecule has 2 aliphatic heterocycles. The highest BCUT2D eigenvalue weighted by molar-refractivity contribution is 6.22. The fourth-order valence-corrected chi connectivity index (χ4v) is 3.68. The zero-order chi connectivity index (χ0) is 18.3. The molecule has 2 aliphatic rings. The molecule has 1 aromatic heterocycles. The summed E-state index contributed by atoms with van der Waals surface area (Å²) in [7, 11) is 0. The molecular formula is C20H20N2O4. The topological polar surface area (TPSA) is 70.8 Å². The first kappa shape index (κ1) is 16.6. The number of carbonyl (C=O) groups is 3. The van der Waals surface area contributed by atoms with E-state index in [1.54, 1.807) is 30.3 Å². The Morgan fingerprint density at radius 2 is 2.00 bits per heavy atom. The Labute approximate surface area is 151 Å². The van der Waals surface area contributed by atoms with Gasteiger partial charge in [-0.05, 0) is 49.1 Å². The molecule has 0 N–H and O–H groups in total. The third-order valence-corrected chi connectivity index (χ3v) is 5.06. The van der Waals surface area contributed by atoms with E-state index in [2.05, 4.69) is 6.92 Å². The van der Waals surface area contributed by atoms with Gasteiger partial charge in [-0.25, -0.2) is 0 Å². The Kier molecular flexibility index (Phi) is 4.11. The van der Waals surface area contributed by atoms with Crippen LogP contribution in [0.3, 0.4) is 0 Å². The van der Waals surface area contributed by atoms with Gasteiger partial charge in [-0.1, -0.05) is 6.92 Å². The molecule has 26 heavy (non-hydrogen) atoms. The molecule has 1 unspecified atom stereocenters. The predicted octanol–water partition coefficient (Wildman–Crippen LogP) is 2.95. The maximum atomic E-state index is 12.8. The average Bonchev–Trinajstić information content (AvgIpc) is 3.24. The number of hydrogen-bond donors (Lipinski definition) is 0. The van der Waals surface area contributed by atoms with Gasteiger partial charge in [0.25, 0.3) is 17.7 Å². The molecule has 1 saturated heterocycles. The van der Waals surface area contributed by atoms with Crippen LogP contribution in [0.15, 0.2) is 41.0 Å². The van der Waals surface area contributed by atoms with Gasteiger partial charge in [-0.3, -0.25) is 19.3 Å². The SMILES string of the molecule is CC1CCCN(C(=O)c2ccc3c(c2)C(=O)N(Cc2ccco2)C3=O)C1. The van der Waals surface area contributed by atoms with Crippen molar-refractivity contribution in [2.24, 2.45) is 5.92 Å². The van der Waals surface area contributed by atoms with E-state index < -0.39 is 0 Å². The fourth-order valence-electron chi connectivity index (χ4n) is 3.68. The van der Waals surface area contributed by atoms with Gasteiger partial charge < -0.3 is 9.32 Å². The Morgan fingerprint density at radius 1 is 1.19 bits per heavy atom. The largest absolute Gasteiger partial charge is 0.467 e. The van der Waals surface area contributed by atoms with Crippen LogP contribution >= 0.6 is 0 Å². The van der Waals surface area contributed by atoms with Crippen LogP contribution in [0.2, 0.25) is 0 Å². The number of likely N-dealkylation sites (tertiary alicyclic amines) is 1. The summed E-state index contributed by atoms with van der Waals surface area (Å²) in [5.41, 5.74) is 1.08. The number of carbonyl (C=O) groups excluding carboxylic acids is 3. The number of imide groups is 1. The average molecular weight is 352 g/mol. The minimum Gasteiger partial charge on any atom is -0.467 e. The first-order chi connectivity index (χ1) is 12.5. The van der Waals surface area contributed by atoms with Crippen molar-refractivity contribution in [3.63, 3.8) is 0 Å². The maximum absolute atomic E-state index is 12.8. The van der Waals surface area contributed by atoms with Crippen LogP contribution < -0.4 is 0 Å². The minimum atomic E-state index is -0.386. The summed E-state index contributed by atoms with van der Waals surface area (Å²) in [6, 6.07) is 8.21. The predicted molar refractivity (Wildman–Crippen MR) is 93.7 cm³/mol. The van der Waals surface area contributed by atoms with Crippen molar-refractivity contribution in [1.29, 1.82) is 0 Å². The van der Waals surface area contributed by atoms with E-state index in [0.717, 1.165) is 30.8 Å². The summed E-state index contributed by atoms with van der Waals surface area (Å²) in [5.74, 6) is 0.200. The van der Waals surface area contributed by atoms with E-state index in [-0.39, 0.29) is 29.8 Å². The summed E-state index contributed by atoms with van der Waals surface area (Å²) in [6.45, 7) is 3.69. The van der Waals surface area contributed by atoms with E-state index in [4.69, 9.17) is 4.42 Å². The second-order valence-corrected chi connectivity index (χ2v) is 7.03. The van der Waals surface area contributed by atoms with Crippen LogP contribution in [-0.2, 0) is 6.54 Å². The van der Waals surface area contributed by atoms with Crippen molar-refractivity contribution in [2.75, 3.05) is 13.1 Å². The number of benzene rings is 1. The number of rotatable bonds is 3. The van der Waals surface area contributed by atoms with Crippen LogP contribution in [0, 0.1) is 5.92 Å². The molecule has 1 aromatic carbocycles. The Morgan fingerprint density at radius 3 is 2.73 bits per heavy atom. The molecule has 6 heteroatoms. The van der Waals surface area contributed by atoms with Gasteiger partial charge in [-0.15, -0.1) is 0 Å². The third kappa shape index (κ3) is 2.81. The number of piperidine rings is 1. The summed E-state index contributed by atoms with van der Waals surface area (Å²) in [4.78, 5) is 41.0. The van der Waals surface area contributed by atoms with E-state index in [9.17, 15) is 14.4 Å². The molecule has 0 radical (unpaired) electrons. The summed E-state index contributed by atoms with van der Waals surface area (Å²) in [5, 5.41) is 0. The molecule has 1 atom stereocenters. The van der Waals surface area contributed by atoms with Gasteiger partial charge in [0.05, 0.1) is 23.9 Å². The number of furan rings is 1. The van der Waals surface area contributed by atoms with Crippen LogP contribution in [-0.4, -0.2) is 40.6 Å². The van der Waals surface area contributed by atoms with E-state index in [1.807, 2.05) is 4.90 Å². The molecule has 3 amide bonds. The molecule has 134 valence electrons. The van der Waals surface area contributed by atoms with Gasteiger partial charge in [-0.2, -0.15) is 0 Å². The molecule has 6 nitrogen and oxygen atoms in total. The van der Waals surface area contributed by atoms with Gasteiger partial charge in [0, 0.05) is 18.7 Å². The van der Waals surface area contributed by atoms with Crippen molar-refractivity contribution in [3.05, 3.63) is 59.0 Å². The Bertz CT molecular complexity index is 872. The van der Waals surface area contributed by atoms with Crippen molar-refractivity contribution >= 4 is 17.7 Å². The fraction of sp³-hybridized carbons (Fsp3) is 0.350. The van der Waals surface area contributed by atoms with Crippen LogP contribution in [0.25, 0.3) is 0 Å². The smallest absolute Gasteiger partial charge is 0.261 e. The van der Waals surface area contributed by atoms with Gasteiger partial charge in [0.2, 0.25) is 0 Å². The van der Waals surface area contributed by atoms with Crippen molar-refractivity contribution in [1.82, 2.24) is 9.80 Å². The molecule has 0 saturated carbocycles. The van der Waals surface area contributed by atoms with Crippen LogP contribution in [0.5, 0.6) is 0 Å². The van der Waals surface area contributed by atoms with Gasteiger partial charge in [0.15, 0.2) is 0 Å². The monoisotopic (exact) mass is 352 g/mol. The first-order valence-corrected chi connectivity index (χ1v) is 8.86. The van der Waals surface area contributed by atoms with Crippen molar-refractivity contribution < 1.29 is 18.8 Å². The first-order valence-electron chi connectivity index (χ1n) is 8.86. The number of hydrogen-bond acceptors (Lipinski definition) is 4. The molecule has 3 heterocycles. The highest BCUT2D eigenvalue weighted by atomic mass is 16.3. The highest BCUT2D eigenvalue weighted by Crippen LogP contribution is 2.27. The third-order valence-electron chi connectivity index (χ3n) is 5.06. The lowest BCUT2D eigenvalue weighted by molar-refractivity contribution is 0.0631. The maximum Gasteiger partial charge on any atom is 0.261 e.